The van der Waals surface area contributed by atoms with E-state index < -0.39 is 18.0 Å². The summed E-state index contributed by atoms with van der Waals surface area (Å²) in [6.45, 7) is 0.556. The lowest BCUT2D eigenvalue weighted by Crippen LogP contribution is -2.41. The maximum atomic E-state index is 12.7. The molecule has 4 rings (SSSR count). The quantitative estimate of drug-likeness (QED) is 0.645. The van der Waals surface area contributed by atoms with Crippen molar-refractivity contribution < 1.29 is 22.7 Å². The molecule has 152 valence electrons. The van der Waals surface area contributed by atoms with Crippen molar-refractivity contribution in [3.8, 4) is 5.75 Å². The Kier molecular flexibility index (Phi) is 4.99. The largest absolute Gasteiger partial charge is 0.573 e. The number of benzene rings is 1. The number of rotatable bonds is 3. The van der Waals surface area contributed by atoms with E-state index in [2.05, 4.69) is 15.0 Å². The Morgan fingerprint density at radius 3 is 2.62 bits per heavy atom. The molecule has 0 atom stereocenters. The summed E-state index contributed by atoms with van der Waals surface area (Å²) in [6.07, 6.45) is -4.00. The average molecular weight is 424 g/mol. The lowest BCUT2D eigenvalue weighted by atomic mass is 10.0. The number of fused-ring (bicyclic) bond motifs is 1. The predicted molar refractivity (Wildman–Crippen MR) is 99.0 cm³/mol. The lowest BCUT2D eigenvalue weighted by Gasteiger charge is -2.32. The average Bonchev–Trinajstić information content (AvgIpc) is 3.17. The number of likely N-dealkylation sites (tertiary alicyclic amines) is 1. The van der Waals surface area contributed by atoms with Gasteiger partial charge in [-0.1, -0.05) is 17.3 Å². The van der Waals surface area contributed by atoms with Gasteiger partial charge in [0.2, 0.25) is 0 Å². The minimum Gasteiger partial charge on any atom is -0.405 e. The summed E-state index contributed by atoms with van der Waals surface area (Å²) in [6, 6.07) is 6.76. The second kappa shape index (κ2) is 7.47. The topological polar surface area (TPSA) is 77.3 Å². The maximum absolute atomic E-state index is 12.7. The fraction of sp³-hybridized carbons (Fsp3) is 0.333. The molecular weight excluding hydrogens is 409 g/mol. The van der Waals surface area contributed by atoms with Crippen molar-refractivity contribution in [1.29, 1.82) is 0 Å². The standard InChI is InChI=1S/C18H15F3N4O3S/c19-18(20,21)28-14-4-2-1-3-12(14)16(26)24-8-5-11(6-9-24)25-17(27)15-13(22-23-25)7-10-29-15/h1-4,7,10-11H,5-6,8-9H2. The first kappa shape index (κ1) is 19.4. The summed E-state index contributed by atoms with van der Waals surface area (Å²) >= 11 is 1.29. The highest BCUT2D eigenvalue weighted by atomic mass is 32.1. The van der Waals surface area contributed by atoms with E-state index in [0.29, 0.717) is 23.1 Å². The van der Waals surface area contributed by atoms with Crippen molar-refractivity contribution in [1.82, 2.24) is 19.9 Å². The predicted octanol–water partition coefficient (Wildman–Crippen LogP) is 3.23. The van der Waals surface area contributed by atoms with Crippen LogP contribution < -0.4 is 10.3 Å². The Bertz CT molecular complexity index is 1100. The Morgan fingerprint density at radius 2 is 1.90 bits per heavy atom. The number of halogens is 3. The van der Waals surface area contributed by atoms with Gasteiger partial charge in [-0.05, 0) is 36.4 Å². The zero-order chi connectivity index (χ0) is 20.6. The number of carbonyl (C=O) groups excluding carboxylic acids is 1. The Morgan fingerprint density at radius 1 is 1.17 bits per heavy atom. The number of hydrogen-bond donors (Lipinski definition) is 0. The van der Waals surface area contributed by atoms with Crippen LogP contribution in [0.25, 0.3) is 10.2 Å². The van der Waals surface area contributed by atoms with Gasteiger partial charge >= 0.3 is 6.36 Å². The van der Waals surface area contributed by atoms with Gasteiger partial charge in [0, 0.05) is 13.1 Å². The van der Waals surface area contributed by atoms with Crippen molar-refractivity contribution in [3.63, 3.8) is 0 Å². The van der Waals surface area contributed by atoms with Gasteiger partial charge < -0.3 is 9.64 Å². The SMILES string of the molecule is O=C(c1ccccc1OC(F)(F)F)N1CCC(n2nnc3ccsc3c2=O)CC1. The molecule has 11 heteroatoms. The molecule has 1 fully saturated rings. The fourth-order valence-corrected chi connectivity index (χ4v) is 4.12. The first-order valence-electron chi connectivity index (χ1n) is 8.80. The van der Waals surface area contributed by atoms with E-state index in [1.807, 2.05) is 0 Å². The lowest BCUT2D eigenvalue weighted by molar-refractivity contribution is -0.274. The minimum atomic E-state index is -4.89. The number of nitrogens with zero attached hydrogens (tertiary/aromatic N) is 4. The first-order valence-corrected chi connectivity index (χ1v) is 9.68. The summed E-state index contributed by atoms with van der Waals surface area (Å²) in [5.74, 6) is -1.08. The van der Waals surface area contributed by atoms with Crippen molar-refractivity contribution in [2.45, 2.75) is 25.2 Å². The third kappa shape index (κ3) is 3.95. The third-order valence-corrected chi connectivity index (χ3v) is 5.63. The number of aromatic nitrogens is 3. The van der Waals surface area contributed by atoms with Gasteiger partial charge in [0.15, 0.2) is 0 Å². The molecule has 1 amide bonds. The summed E-state index contributed by atoms with van der Waals surface area (Å²) < 4.78 is 43.6. The number of hydrogen-bond acceptors (Lipinski definition) is 6. The Labute approximate surface area is 166 Å². The molecule has 0 saturated carbocycles. The molecule has 1 saturated heterocycles. The highest BCUT2D eigenvalue weighted by Gasteiger charge is 2.34. The van der Waals surface area contributed by atoms with Gasteiger partial charge in [0.05, 0.1) is 11.6 Å². The third-order valence-electron chi connectivity index (χ3n) is 4.74. The number of para-hydroxylation sites is 1. The van der Waals surface area contributed by atoms with Gasteiger partial charge in [0.1, 0.15) is 16.0 Å². The van der Waals surface area contributed by atoms with Crippen molar-refractivity contribution in [2.75, 3.05) is 13.1 Å². The first-order chi connectivity index (χ1) is 13.8. The molecule has 2 aromatic heterocycles. The summed E-state index contributed by atoms with van der Waals surface area (Å²) in [5, 5.41) is 9.81. The molecule has 3 heterocycles. The molecule has 1 aliphatic heterocycles. The van der Waals surface area contributed by atoms with Gasteiger partial charge in [-0.3, -0.25) is 9.59 Å². The second-order valence-corrected chi connectivity index (χ2v) is 7.46. The van der Waals surface area contributed by atoms with Crippen molar-refractivity contribution in [2.24, 2.45) is 0 Å². The van der Waals surface area contributed by atoms with Crippen LogP contribution in [0.1, 0.15) is 29.2 Å². The van der Waals surface area contributed by atoms with Crippen LogP contribution in [0.2, 0.25) is 0 Å². The van der Waals surface area contributed by atoms with Gasteiger partial charge in [-0.15, -0.1) is 29.6 Å². The van der Waals surface area contributed by atoms with Gasteiger partial charge in [0.25, 0.3) is 11.5 Å². The van der Waals surface area contributed by atoms with Crippen LogP contribution in [0.5, 0.6) is 5.75 Å². The molecular formula is C18H15F3N4O3S. The molecule has 3 aromatic rings. The van der Waals surface area contributed by atoms with Crippen molar-refractivity contribution >= 4 is 27.5 Å². The molecule has 1 aliphatic rings. The van der Waals surface area contributed by atoms with Gasteiger partial charge in [-0.2, -0.15) is 0 Å². The molecule has 7 nitrogen and oxygen atoms in total. The highest BCUT2D eigenvalue weighted by molar-refractivity contribution is 7.17. The fourth-order valence-electron chi connectivity index (χ4n) is 3.36. The molecule has 0 bridgehead atoms. The van der Waals surface area contributed by atoms with E-state index in [0.717, 1.165) is 6.07 Å². The van der Waals surface area contributed by atoms with Crippen LogP contribution >= 0.6 is 11.3 Å². The van der Waals surface area contributed by atoms with E-state index in [-0.39, 0.29) is 30.3 Å². The Balaban J connectivity index is 1.49. The summed E-state index contributed by atoms with van der Waals surface area (Å²) in [7, 11) is 0. The van der Waals surface area contributed by atoms with Crippen LogP contribution in [0.15, 0.2) is 40.5 Å². The van der Waals surface area contributed by atoms with Crippen LogP contribution in [-0.4, -0.2) is 45.3 Å². The van der Waals surface area contributed by atoms with Crippen LogP contribution in [0.3, 0.4) is 0 Å². The highest BCUT2D eigenvalue weighted by Crippen LogP contribution is 2.29. The summed E-state index contributed by atoms with van der Waals surface area (Å²) in [4.78, 5) is 26.8. The maximum Gasteiger partial charge on any atom is 0.573 e. The smallest absolute Gasteiger partial charge is 0.405 e. The zero-order valence-corrected chi connectivity index (χ0v) is 15.7. The molecule has 0 unspecified atom stereocenters. The minimum absolute atomic E-state index is 0.153. The van der Waals surface area contributed by atoms with Crippen LogP contribution in [0.4, 0.5) is 13.2 Å². The second-order valence-electron chi connectivity index (χ2n) is 6.54. The van der Waals surface area contributed by atoms with Crippen LogP contribution in [-0.2, 0) is 0 Å². The van der Waals surface area contributed by atoms with E-state index in [9.17, 15) is 22.8 Å². The number of alkyl halides is 3. The normalized spacial score (nSPS) is 15.6. The Hall–Kier alpha value is -2.95. The summed E-state index contributed by atoms with van der Waals surface area (Å²) in [5.41, 5.74) is 0.170. The van der Waals surface area contributed by atoms with E-state index in [1.54, 1.807) is 11.4 Å². The van der Waals surface area contributed by atoms with Crippen molar-refractivity contribution in [3.05, 3.63) is 51.6 Å². The molecule has 0 N–H and O–H groups in total. The van der Waals surface area contributed by atoms with Gasteiger partial charge in [-0.25, -0.2) is 4.68 Å². The van der Waals surface area contributed by atoms with Crippen LogP contribution in [0, 0.1) is 0 Å². The molecule has 0 spiro atoms. The zero-order valence-electron chi connectivity index (χ0n) is 14.9. The molecule has 0 radical (unpaired) electrons. The number of amides is 1. The molecule has 1 aromatic carbocycles. The van der Waals surface area contributed by atoms with E-state index >= 15 is 0 Å². The van der Waals surface area contributed by atoms with E-state index in [4.69, 9.17) is 0 Å². The number of carbonyl (C=O) groups is 1. The number of thiophene rings is 1. The number of piperidine rings is 1. The monoisotopic (exact) mass is 424 g/mol. The van der Waals surface area contributed by atoms with E-state index in [1.165, 1.54) is 39.1 Å². The molecule has 0 aliphatic carbocycles. The number of ether oxygens (including phenoxy) is 1. The molecule has 29 heavy (non-hydrogen) atoms.